The number of aromatic nitrogens is 5. The summed E-state index contributed by atoms with van der Waals surface area (Å²) in [5, 5.41) is 7.15. The number of hydrogen-bond acceptors (Lipinski definition) is 5. The topological polar surface area (TPSA) is 85.6 Å². The molecule has 32 heavy (non-hydrogen) atoms. The van der Waals surface area contributed by atoms with Crippen molar-refractivity contribution in [1.29, 1.82) is 0 Å². The van der Waals surface area contributed by atoms with Gasteiger partial charge in [-0.25, -0.2) is 9.97 Å². The van der Waals surface area contributed by atoms with Crippen LogP contribution in [0.3, 0.4) is 0 Å². The number of alkyl halides is 3. The van der Waals surface area contributed by atoms with Crippen LogP contribution in [0.2, 0.25) is 0 Å². The number of carbonyl (C=O) groups is 1. The lowest BCUT2D eigenvalue weighted by Crippen LogP contribution is -2.31. The monoisotopic (exact) mass is 552 g/mol. The van der Waals surface area contributed by atoms with Crippen LogP contribution in [-0.2, 0) is 17.5 Å². The third kappa shape index (κ3) is 5.15. The van der Waals surface area contributed by atoms with E-state index in [-0.39, 0.29) is 12.5 Å². The van der Waals surface area contributed by atoms with Gasteiger partial charge in [-0.05, 0) is 40.4 Å². The maximum Gasteiger partial charge on any atom is 0.433 e. The van der Waals surface area contributed by atoms with E-state index in [0.29, 0.717) is 16.8 Å². The molecular formula is C21H16F3IN6O. The van der Waals surface area contributed by atoms with E-state index in [1.165, 1.54) is 17.1 Å². The molecule has 4 heterocycles. The molecule has 164 valence electrons. The minimum absolute atomic E-state index is 0.0533. The van der Waals surface area contributed by atoms with Crippen molar-refractivity contribution in [2.45, 2.75) is 19.6 Å². The van der Waals surface area contributed by atoms with E-state index in [1.54, 1.807) is 25.5 Å². The molecule has 4 rings (SSSR count). The van der Waals surface area contributed by atoms with E-state index in [2.05, 4.69) is 29.5 Å². The maximum absolute atomic E-state index is 13.0. The lowest BCUT2D eigenvalue weighted by Gasteiger charge is -2.09. The maximum atomic E-state index is 13.0. The van der Waals surface area contributed by atoms with Gasteiger partial charge >= 0.3 is 6.18 Å². The van der Waals surface area contributed by atoms with E-state index in [4.69, 9.17) is 0 Å². The molecule has 0 bridgehead atoms. The number of pyridine rings is 1. The number of hydrogen-bond donors (Lipinski definition) is 1. The molecule has 0 atom stereocenters. The van der Waals surface area contributed by atoms with Gasteiger partial charge in [0.25, 0.3) is 0 Å². The largest absolute Gasteiger partial charge is 0.433 e. The molecule has 11 heteroatoms. The second kappa shape index (κ2) is 9.10. The molecule has 0 aliphatic carbocycles. The molecule has 1 aliphatic rings. The lowest BCUT2D eigenvalue weighted by atomic mass is 10.1. The van der Waals surface area contributed by atoms with Gasteiger partial charge in [0.1, 0.15) is 18.6 Å². The smallest absolute Gasteiger partial charge is 0.320 e. The van der Waals surface area contributed by atoms with Crippen LogP contribution in [0.4, 0.5) is 13.2 Å². The predicted octanol–water partition coefficient (Wildman–Crippen LogP) is 3.89. The molecule has 0 unspecified atom stereocenters. The molecule has 1 amide bonds. The zero-order valence-corrected chi connectivity index (χ0v) is 18.8. The Bertz CT molecular complexity index is 1250. The molecule has 0 saturated heterocycles. The first-order valence-corrected chi connectivity index (χ1v) is 11.6. The Morgan fingerprint density at radius 3 is 2.66 bits per heavy atom. The van der Waals surface area contributed by atoms with E-state index in [9.17, 15) is 18.0 Å². The summed E-state index contributed by atoms with van der Waals surface area (Å²) in [5.41, 5.74) is 2.33. The average Bonchev–Trinajstić information content (AvgIpc) is 3.14. The van der Waals surface area contributed by atoms with Crippen molar-refractivity contribution >= 4 is 35.8 Å². The highest BCUT2D eigenvalue weighted by Crippen LogP contribution is 2.31. The normalized spacial score (nSPS) is 13.8. The van der Waals surface area contributed by atoms with Crippen molar-refractivity contribution in [1.82, 2.24) is 30.0 Å². The Kier molecular flexibility index (Phi) is 6.26. The Hall–Kier alpha value is -3.22. The fraction of sp³-hybridized carbons (Fsp3) is 0.143. The highest BCUT2D eigenvalue weighted by atomic mass is 127. The summed E-state index contributed by atoms with van der Waals surface area (Å²) in [6.45, 7) is 1.63. The number of allylic oxidation sites excluding steroid dienone is 2. The van der Waals surface area contributed by atoms with Crippen molar-refractivity contribution in [3.8, 4) is 11.1 Å². The summed E-state index contributed by atoms with van der Waals surface area (Å²) in [4.78, 5) is 23.8. The molecule has 0 spiro atoms. The molecule has 1 aliphatic heterocycles. The van der Waals surface area contributed by atoms with Crippen molar-refractivity contribution in [3.63, 3.8) is 0 Å². The van der Waals surface area contributed by atoms with Gasteiger partial charge in [0.15, 0.2) is 0 Å². The van der Waals surface area contributed by atoms with Crippen molar-refractivity contribution in [3.05, 3.63) is 76.4 Å². The number of carbonyl (C=O) groups excluding carboxylic acids is 1. The van der Waals surface area contributed by atoms with Crippen LogP contribution in [-0.4, -0.2) is 34.3 Å². The number of nitrogens with one attached hydrogen (secondary N) is 1. The SMILES string of the molecule is Cc1nn(CC(=O)NC2=IC=C(c3cncnc3)C=C2)cc1-c1ccnc(C(F)(F)F)c1. The molecule has 0 radical (unpaired) electrons. The second-order valence-corrected chi connectivity index (χ2v) is 9.19. The quantitative estimate of drug-likeness (QED) is 0.486. The Balaban J connectivity index is 1.44. The highest BCUT2D eigenvalue weighted by molar-refractivity contribution is 14.2. The van der Waals surface area contributed by atoms with Gasteiger partial charge in [0.05, 0.1) is 9.33 Å². The zero-order chi connectivity index (χ0) is 22.7. The van der Waals surface area contributed by atoms with Gasteiger partial charge in [-0.3, -0.25) is 14.5 Å². The van der Waals surface area contributed by atoms with E-state index < -0.39 is 32.6 Å². The highest BCUT2D eigenvalue weighted by Gasteiger charge is 2.32. The van der Waals surface area contributed by atoms with Gasteiger partial charge < -0.3 is 5.32 Å². The Morgan fingerprint density at radius 1 is 1.19 bits per heavy atom. The number of aryl methyl sites for hydroxylation is 1. The minimum atomic E-state index is -4.53. The summed E-state index contributed by atoms with van der Waals surface area (Å²) >= 11 is -0.543. The predicted molar refractivity (Wildman–Crippen MR) is 122 cm³/mol. The third-order valence-corrected chi connectivity index (χ3v) is 6.75. The van der Waals surface area contributed by atoms with Crippen LogP contribution >= 0.6 is 20.7 Å². The summed E-state index contributed by atoms with van der Waals surface area (Å²) in [5.74, 6) is -0.260. The van der Waals surface area contributed by atoms with Gasteiger partial charge in [-0.15, -0.1) is 0 Å². The van der Waals surface area contributed by atoms with Gasteiger partial charge in [-0.2, -0.15) is 18.3 Å². The molecule has 1 N–H and O–H groups in total. The van der Waals surface area contributed by atoms with Crippen LogP contribution in [0, 0.1) is 6.92 Å². The molecule has 3 aromatic rings. The molecular weight excluding hydrogens is 536 g/mol. The van der Waals surface area contributed by atoms with E-state index in [0.717, 1.165) is 27.0 Å². The molecule has 0 fully saturated rings. The fourth-order valence-electron chi connectivity index (χ4n) is 2.98. The molecule has 0 aromatic carbocycles. The molecule has 0 saturated carbocycles. The minimum Gasteiger partial charge on any atom is -0.320 e. The van der Waals surface area contributed by atoms with Crippen molar-refractivity contribution in [2.24, 2.45) is 0 Å². The van der Waals surface area contributed by atoms with Crippen LogP contribution in [0.1, 0.15) is 17.0 Å². The van der Waals surface area contributed by atoms with Crippen molar-refractivity contribution < 1.29 is 18.0 Å². The fourth-order valence-corrected chi connectivity index (χ4v) is 5.07. The third-order valence-electron chi connectivity index (χ3n) is 4.46. The average molecular weight is 552 g/mol. The van der Waals surface area contributed by atoms with Crippen LogP contribution < -0.4 is 5.32 Å². The zero-order valence-electron chi connectivity index (χ0n) is 16.6. The van der Waals surface area contributed by atoms with E-state index >= 15 is 0 Å². The Labute approximate surface area is 190 Å². The first-order valence-electron chi connectivity index (χ1n) is 9.31. The molecule has 7 nitrogen and oxygen atoms in total. The summed E-state index contributed by atoms with van der Waals surface area (Å²) in [6, 6.07) is 2.46. The number of rotatable bonds is 5. The first-order chi connectivity index (χ1) is 15.3. The number of halogens is 4. The van der Waals surface area contributed by atoms with Crippen LogP contribution in [0.25, 0.3) is 16.7 Å². The summed E-state index contributed by atoms with van der Waals surface area (Å²) in [6.07, 6.45) is 6.83. The molecule has 3 aromatic heterocycles. The van der Waals surface area contributed by atoms with Crippen LogP contribution in [0.5, 0.6) is 0 Å². The van der Waals surface area contributed by atoms with Crippen LogP contribution in [0.15, 0.2) is 59.5 Å². The summed E-state index contributed by atoms with van der Waals surface area (Å²) in [7, 11) is 0. The Morgan fingerprint density at radius 2 is 1.97 bits per heavy atom. The standard InChI is InChI=1S/C21H16F3IN6O/c1-13-17(14-4-5-28-18(6-14)21(22,23)24)10-31(30-13)11-20(32)29-19-3-2-15(7-25-19)16-8-26-12-27-9-16/h2-10,12H,11H2,1H3,(H,29,32). The lowest BCUT2D eigenvalue weighted by molar-refractivity contribution is -0.141. The summed E-state index contributed by atoms with van der Waals surface area (Å²) < 4.78 is 43.2. The number of amides is 1. The van der Waals surface area contributed by atoms with Gasteiger partial charge in [0.2, 0.25) is 5.91 Å². The number of nitrogens with zero attached hydrogens (tertiary/aromatic N) is 5. The van der Waals surface area contributed by atoms with Crippen molar-refractivity contribution in [2.75, 3.05) is 0 Å². The van der Waals surface area contributed by atoms with E-state index in [1.807, 2.05) is 12.2 Å². The first kappa shape index (κ1) is 22.0. The van der Waals surface area contributed by atoms with Gasteiger partial charge in [-0.1, -0.05) is 26.8 Å². The van der Waals surface area contributed by atoms with Gasteiger partial charge in [0, 0.05) is 35.9 Å². The second-order valence-electron chi connectivity index (χ2n) is 6.78.